The highest BCUT2D eigenvalue weighted by Crippen LogP contribution is 2.42. The summed E-state index contributed by atoms with van der Waals surface area (Å²) < 4.78 is 36.6. The summed E-state index contributed by atoms with van der Waals surface area (Å²) in [7, 11) is 0.235. The molecule has 0 aromatic heterocycles. The first-order valence-corrected chi connectivity index (χ1v) is 22.6. The van der Waals surface area contributed by atoms with E-state index in [1.165, 1.54) is 6.08 Å². The van der Waals surface area contributed by atoms with Gasteiger partial charge in [-0.1, -0.05) is 6.07 Å². The van der Waals surface area contributed by atoms with Crippen molar-refractivity contribution in [3.8, 4) is 11.5 Å². The van der Waals surface area contributed by atoms with Crippen LogP contribution in [0.15, 0.2) is 24.3 Å². The number of methoxy groups -OCH3 is 2. The van der Waals surface area contributed by atoms with E-state index < -0.39 is 42.5 Å². The third-order valence-electron chi connectivity index (χ3n) is 4.48. The minimum Gasteiger partial charge on any atom is -0.493 e. The zero-order valence-electron chi connectivity index (χ0n) is 23.5. The first-order valence-electron chi connectivity index (χ1n) is 11.7. The molecule has 0 heterocycles. The lowest BCUT2D eigenvalue weighted by atomic mass is 10.1. The van der Waals surface area contributed by atoms with Crippen LogP contribution in [0.1, 0.15) is 12.5 Å². The Balaban J connectivity index is 3.45. The van der Waals surface area contributed by atoms with Gasteiger partial charge in [-0.3, -0.25) is 0 Å². The fourth-order valence-corrected chi connectivity index (χ4v) is 8.32. The van der Waals surface area contributed by atoms with Gasteiger partial charge in [-0.2, -0.15) is 0 Å². The third-order valence-corrected chi connectivity index (χ3v) is 7.83. The maximum atomic E-state index is 13.2. The summed E-state index contributed by atoms with van der Waals surface area (Å²) in [6.07, 6.45) is 3.03. The molecule has 0 amide bonds. The summed E-state index contributed by atoms with van der Waals surface area (Å²) in [5.41, 5.74) is 0.760. The minimum atomic E-state index is -2.23. The first-order chi connectivity index (χ1) is 15.8. The lowest BCUT2D eigenvalue weighted by molar-refractivity contribution is -0.316. The maximum Gasteiger partial charge on any atom is 0.333 e. The van der Waals surface area contributed by atoms with Gasteiger partial charge in [0.2, 0.25) is 5.79 Å². The molecule has 0 saturated heterocycles. The Morgan fingerprint density at radius 3 is 1.74 bits per heavy atom. The van der Waals surface area contributed by atoms with Gasteiger partial charge in [0.1, 0.15) is 0 Å². The van der Waals surface area contributed by atoms with Gasteiger partial charge in [0, 0.05) is 23.2 Å². The lowest BCUT2D eigenvalue weighted by Gasteiger charge is -2.52. The van der Waals surface area contributed by atoms with Crippen molar-refractivity contribution in [2.75, 3.05) is 14.2 Å². The molecule has 197 valence electrons. The normalized spacial score (nSPS) is 15.1. The Morgan fingerprint density at radius 1 is 0.857 bits per heavy atom. The van der Waals surface area contributed by atoms with E-state index in [9.17, 15) is 4.79 Å². The van der Waals surface area contributed by atoms with Crippen LogP contribution >= 0.6 is 0 Å². The van der Waals surface area contributed by atoms with E-state index in [-0.39, 0.29) is 6.04 Å². The van der Waals surface area contributed by atoms with Crippen molar-refractivity contribution < 1.29 is 32.3 Å². The second kappa shape index (κ2) is 11.9. The molecule has 1 aromatic carbocycles. The van der Waals surface area contributed by atoms with Crippen LogP contribution in [-0.2, 0) is 22.8 Å². The molecule has 0 aliphatic carbocycles. The van der Waals surface area contributed by atoms with Crippen molar-refractivity contribution in [2.24, 2.45) is 0 Å². The zero-order chi connectivity index (χ0) is 27.3. The molecule has 11 heteroatoms. The maximum absolute atomic E-state index is 13.2. The van der Waals surface area contributed by atoms with Crippen LogP contribution in [0.5, 0.6) is 11.5 Å². The Bertz CT molecular complexity index is 869. The summed E-state index contributed by atoms with van der Waals surface area (Å²) in [6, 6.07) is 5.66. The van der Waals surface area contributed by atoms with E-state index in [4.69, 9.17) is 27.5 Å². The number of carbonyl (C=O) groups is 1. The van der Waals surface area contributed by atoms with Crippen LogP contribution in [0.2, 0.25) is 65.0 Å². The van der Waals surface area contributed by atoms with E-state index >= 15 is 0 Å². The number of rotatable bonds is 13. The molecular formula is C24H43O7Si4. The average Bonchev–Trinajstić information content (AvgIpc) is 2.67. The monoisotopic (exact) mass is 555 g/mol. The van der Waals surface area contributed by atoms with Crippen molar-refractivity contribution in [1.82, 2.24) is 0 Å². The number of benzene rings is 1. The third kappa shape index (κ3) is 9.98. The summed E-state index contributed by atoms with van der Waals surface area (Å²) in [6.45, 7) is 20.3. The van der Waals surface area contributed by atoms with Gasteiger partial charge < -0.3 is 27.5 Å². The first kappa shape index (κ1) is 31.8. The smallest absolute Gasteiger partial charge is 0.333 e. The van der Waals surface area contributed by atoms with Crippen LogP contribution in [0, 0.1) is 0 Å². The molecular weight excluding hydrogens is 513 g/mol. The van der Waals surface area contributed by atoms with Gasteiger partial charge in [-0.25, -0.2) is 4.79 Å². The fraction of sp³-hybridized carbons (Fsp3) is 0.625. The number of hydrogen-bond donors (Lipinski definition) is 0. The van der Waals surface area contributed by atoms with Crippen LogP contribution in [0.4, 0.5) is 0 Å². The molecule has 0 spiro atoms. The predicted molar refractivity (Wildman–Crippen MR) is 150 cm³/mol. The van der Waals surface area contributed by atoms with Crippen molar-refractivity contribution in [3.05, 3.63) is 29.8 Å². The quantitative estimate of drug-likeness (QED) is 0.132. The molecule has 3 radical (unpaired) electrons. The van der Waals surface area contributed by atoms with Crippen LogP contribution in [-0.4, -0.2) is 67.0 Å². The molecule has 0 bridgehead atoms. The predicted octanol–water partition coefficient (Wildman–Crippen LogP) is 5.81. The number of hydrogen-bond acceptors (Lipinski definition) is 7. The standard InChI is InChI=1S/C24H43O7Si4/c1-23(29-33(4,5)6,24(18-32,30-34(7,8)9)31-35(10,11)12)28-22(25)16-14-19-13-15-20(26-2)21(17-19)27-3/h13-17H,18H2,1-12H3. The van der Waals surface area contributed by atoms with Crippen LogP contribution < -0.4 is 9.47 Å². The summed E-state index contributed by atoms with van der Waals surface area (Å²) in [4.78, 5) is 13.2. The molecule has 1 unspecified atom stereocenters. The number of ether oxygens (including phenoxy) is 3. The van der Waals surface area contributed by atoms with Gasteiger partial charge >= 0.3 is 5.97 Å². The van der Waals surface area contributed by atoms with Crippen molar-refractivity contribution in [1.29, 1.82) is 0 Å². The second-order valence-electron chi connectivity index (χ2n) is 11.4. The highest BCUT2D eigenvalue weighted by molar-refractivity contribution is 6.71. The molecule has 1 aromatic rings. The van der Waals surface area contributed by atoms with Crippen LogP contribution in [0.25, 0.3) is 6.08 Å². The zero-order valence-corrected chi connectivity index (χ0v) is 27.5. The van der Waals surface area contributed by atoms with E-state index in [0.717, 1.165) is 5.56 Å². The number of carbonyl (C=O) groups excluding carboxylic acids is 1. The van der Waals surface area contributed by atoms with Gasteiger partial charge in [-0.05, 0) is 88.7 Å². The van der Waals surface area contributed by atoms with Gasteiger partial charge in [-0.15, -0.1) is 0 Å². The molecule has 0 saturated carbocycles. The highest BCUT2D eigenvalue weighted by atomic mass is 28.4. The SMILES string of the molecule is COc1ccc(C=CC(=O)OC(C)(O[Si](C)(C)C)C(C[Si])(O[Si](C)(C)C)O[Si](C)(C)C)cc1OC. The molecule has 0 aliphatic rings. The molecule has 1 atom stereocenters. The Hall–Kier alpha value is -1.22. The van der Waals surface area contributed by atoms with Crippen molar-refractivity contribution in [2.45, 2.75) is 83.5 Å². The number of esters is 1. The van der Waals surface area contributed by atoms with E-state index in [1.807, 2.05) is 25.7 Å². The average molecular weight is 556 g/mol. The molecule has 0 aliphatic heterocycles. The Labute approximate surface area is 218 Å². The lowest BCUT2D eigenvalue weighted by Crippen LogP contribution is -2.67. The molecule has 0 fully saturated rings. The van der Waals surface area contributed by atoms with Crippen molar-refractivity contribution in [3.63, 3.8) is 0 Å². The summed E-state index contributed by atoms with van der Waals surface area (Å²) in [5.74, 6) is -2.19. The van der Waals surface area contributed by atoms with E-state index in [0.29, 0.717) is 11.5 Å². The summed E-state index contributed by atoms with van der Waals surface area (Å²) in [5, 5.41) is 0. The summed E-state index contributed by atoms with van der Waals surface area (Å²) >= 11 is 0. The molecule has 0 N–H and O–H groups in total. The van der Waals surface area contributed by atoms with Gasteiger partial charge in [0.05, 0.1) is 14.2 Å². The largest absolute Gasteiger partial charge is 0.493 e. The topological polar surface area (TPSA) is 72.5 Å². The van der Waals surface area contributed by atoms with Gasteiger partial charge in [0.25, 0.3) is 5.79 Å². The Morgan fingerprint density at radius 2 is 1.34 bits per heavy atom. The van der Waals surface area contributed by atoms with E-state index in [2.05, 4.69) is 49.5 Å². The Kier molecular flexibility index (Phi) is 10.8. The van der Waals surface area contributed by atoms with Gasteiger partial charge in [0.15, 0.2) is 36.5 Å². The molecule has 35 heavy (non-hydrogen) atoms. The highest BCUT2D eigenvalue weighted by Gasteiger charge is 2.58. The fourth-order valence-electron chi connectivity index (χ4n) is 3.54. The van der Waals surface area contributed by atoms with E-state index in [1.54, 1.807) is 39.4 Å². The minimum absolute atomic E-state index is 0.273. The molecule has 1 rings (SSSR count). The molecule has 7 nitrogen and oxygen atoms in total. The second-order valence-corrected chi connectivity index (χ2v) is 25.0. The van der Waals surface area contributed by atoms with Crippen LogP contribution in [0.3, 0.4) is 0 Å². The van der Waals surface area contributed by atoms with Crippen molar-refractivity contribution >= 4 is 47.2 Å².